The molecule has 148 valence electrons. The second-order valence-electron chi connectivity index (χ2n) is 6.82. The van der Waals surface area contributed by atoms with Crippen molar-refractivity contribution in [1.29, 1.82) is 0 Å². The van der Waals surface area contributed by atoms with Gasteiger partial charge in [-0.2, -0.15) is 0 Å². The summed E-state index contributed by atoms with van der Waals surface area (Å²) < 4.78 is 4.86. The smallest absolute Gasteiger partial charge is 0.308 e. The number of piperidine rings is 1. The number of carbonyl (C=O) groups excluding carboxylic acids is 1. The molecule has 1 aromatic carbocycles. The minimum absolute atomic E-state index is 0. The van der Waals surface area contributed by atoms with Gasteiger partial charge in [0, 0.05) is 43.8 Å². The van der Waals surface area contributed by atoms with E-state index in [0.29, 0.717) is 0 Å². The lowest BCUT2D eigenvalue weighted by Crippen LogP contribution is -2.47. The Kier molecular flexibility index (Phi) is 7.94. The van der Waals surface area contributed by atoms with E-state index in [-0.39, 0.29) is 35.9 Å². The van der Waals surface area contributed by atoms with E-state index in [1.807, 2.05) is 7.05 Å². The summed E-state index contributed by atoms with van der Waals surface area (Å²) in [4.78, 5) is 21.7. The fourth-order valence-corrected chi connectivity index (χ4v) is 3.71. The molecule has 1 aliphatic heterocycles. The van der Waals surface area contributed by atoms with Crippen molar-refractivity contribution in [2.24, 2.45) is 10.9 Å². The number of hydrogen-bond donors (Lipinski definition) is 2. The van der Waals surface area contributed by atoms with E-state index in [1.165, 1.54) is 29.1 Å². The standard InChI is InChI=1S/C20H28N4O2.HI/c1-14-5-4-6-17-16(13-23-18(14)17)7-10-22-20(21-2)24-11-8-15(9-12-24)19(25)26-3;/h4-6,13,15,23H,7-12H2,1-3H3,(H,21,22);1H. The van der Waals surface area contributed by atoms with Gasteiger partial charge in [0.2, 0.25) is 0 Å². The molecule has 7 heteroatoms. The highest BCUT2D eigenvalue weighted by Gasteiger charge is 2.26. The number of aromatic nitrogens is 1. The Morgan fingerprint density at radius 3 is 2.78 bits per heavy atom. The molecule has 0 atom stereocenters. The predicted octanol–water partition coefficient (Wildman–Crippen LogP) is 3.10. The van der Waals surface area contributed by atoms with Gasteiger partial charge in [0.25, 0.3) is 0 Å². The highest BCUT2D eigenvalue weighted by Crippen LogP contribution is 2.21. The number of H-pyrrole nitrogens is 1. The lowest BCUT2D eigenvalue weighted by molar-refractivity contribution is -0.146. The molecule has 2 heterocycles. The minimum Gasteiger partial charge on any atom is -0.469 e. The number of para-hydroxylation sites is 1. The van der Waals surface area contributed by atoms with Crippen molar-refractivity contribution < 1.29 is 9.53 Å². The zero-order valence-corrected chi connectivity index (χ0v) is 18.6. The first-order valence-corrected chi connectivity index (χ1v) is 9.23. The van der Waals surface area contributed by atoms with Crippen LogP contribution in [0.25, 0.3) is 10.9 Å². The summed E-state index contributed by atoms with van der Waals surface area (Å²) in [5.41, 5.74) is 3.80. The summed E-state index contributed by atoms with van der Waals surface area (Å²) in [6.07, 6.45) is 4.66. The van der Waals surface area contributed by atoms with Crippen LogP contribution in [-0.2, 0) is 16.0 Å². The number of likely N-dealkylation sites (tertiary alicyclic amines) is 1. The Hall–Kier alpha value is -1.77. The number of fused-ring (bicyclic) bond motifs is 1. The number of nitrogens with one attached hydrogen (secondary N) is 2. The van der Waals surface area contributed by atoms with Crippen molar-refractivity contribution in [3.63, 3.8) is 0 Å². The Morgan fingerprint density at radius 1 is 1.37 bits per heavy atom. The third-order valence-electron chi connectivity index (χ3n) is 5.23. The van der Waals surface area contributed by atoms with E-state index < -0.39 is 0 Å². The van der Waals surface area contributed by atoms with Crippen LogP contribution in [0.3, 0.4) is 0 Å². The highest BCUT2D eigenvalue weighted by atomic mass is 127. The summed E-state index contributed by atoms with van der Waals surface area (Å²) in [6.45, 7) is 4.60. The zero-order valence-electron chi connectivity index (χ0n) is 16.2. The van der Waals surface area contributed by atoms with Crippen molar-refractivity contribution in [2.75, 3.05) is 33.8 Å². The molecule has 2 N–H and O–H groups in total. The summed E-state index contributed by atoms with van der Waals surface area (Å²) in [5, 5.41) is 4.75. The van der Waals surface area contributed by atoms with Crippen LogP contribution in [0.5, 0.6) is 0 Å². The number of hydrogen-bond acceptors (Lipinski definition) is 3. The van der Waals surface area contributed by atoms with Gasteiger partial charge in [-0.1, -0.05) is 18.2 Å². The summed E-state index contributed by atoms with van der Waals surface area (Å²) >= 11 is 0. The quantitative estimate of drug-likeness (QED) is 0.303. The zero-order chi connectivity index (χ0) is 18.5. The molecule has 6 nitrogen and oxygen atoms in total. The molecular weight excluding hydrogens is 455 g/mol. The maximum Gasteiger partial charge on any atom is 0.308 e. The molecule has 0 saturated carbocycles. The first kappa shape index (κ1) is 21.5. The van der Waals surface area contributed by atoms with Crippen molar-refractivity contribution in [2.45, 2.75) is 26.2 Å². The van der Waals surface area contributed by atoms with Crippen molar-refractivity contribution in [1.82, 2.24) is 15.2 Å². The number of ether oxygens (including phenoxy) is 1. The number of nitrogens with zero attached hydrogens (tertiary/aromatic N) is 2. The number of rotatable bonds is 4. The topological polar surface area (TPSA) is 69.7 Å². The molecule has 1 aliphatic rings. The van der Waals surface area contributed by atoms with Crippen LogP contribution in [0, 0.1) is 12.8 Å². The Morgan fingerprint density at radius 2 is 2.11 bits per heavy atom. The van der Waals surface area contributed by atoms with Gasteiger partial charge in [-0.3, -0.25) is 9.79 Å². The lowest BCUT2D eigenvalue weighted by Gasteiger charge is -2.33. The summed E-state index contributed by atoms with van der Waals surface area (Å²) in [6, 6.07) is 6.40. The molecule has 0 spiro atoms. The number of esters is 1. The third-order valence-corrected chi connectivity index (χ3v) is 5.23. The van der Waals surface area contributed by atoms with Crippen molar-refractivity contribution in [3.8, 4) is 0 Å². The second-order valence-corrected chi connectivity index (χ2v) is 6.82. The van der Waals surface area contributed by atoms with E-state index in [9.17, 15) is 4.79 Å². The molecule has 1 aromatic heterocycles. The van der Waals surface area contributed by atoms with E-state index in [0.717, 1.165) is 44.9 Å². The Labute approximate surface area is 177 Å². The first-order valence-electron chi connectivity index (χ1n) is 9.23. The minimum atomic E-state index is -0.0952. The number of methoxy groups -OCH3 is 1. The SMILES string of the molecule is CN=C(NCCc1c[nH]c2c(C)cccc12)N1CCC(C(=O)OC)CC1.I. The highest BCUT2D eigenvalue weighted by molar-refractivity contribution is 14.0. The van der Waals surface area contributed by atoms with Crippen LogP contribution in [-0.4, -0.2) is 55.6 Å². The fourth-order valence-electron chi connectivity index (χ4n) is 3.71. The second kappa shape index (κ2) is 9.96. The van der Waals surface area contributed by atoms with Gasteiger partial charge >= 0.3 is 5.97 Å². The van der Waals surface area contributed by atoms with Crippen LogP contribution in [0.4, 0.5) is 0 Å². The lowest BCUT2D eigenvalue weighted by atomic mass is 9.97. The average molecular weight is 484 g/mol. The molecule has 0 aliphatic carbocycles. The number of benzene rings is 1. The first-order chi connectivity index (χ1) is 12.6. The number of carbonyl (C=O) groups is 1. The molecular formula is C20H29IN4O2. The van der Waals surface area contributed by atoms with Crippen LogP contribution in [0.2, 0.25) is 0 Å². The number of aryl methyl sites for hydroxylation is 1. The largest absolute Gasteiger partial charge is 0.469 e. The van der Waals surface area contributed by atoms with Gasteiger partial charge in [0.05, 0.1) is 13.0 Å². The molecule has 1 saturated heterocycles. The van der Waals surface area contributed by atoms with Gasteiger partial charge in [-0.25, -0.2) is 0 Å². The van der Waals surface area contributed by atoms with Gasteiger partial charge in [-0.05, 0) is 37.3 Å². The maximum absolute atomic E-state index is 11.7. The Bertz CT molecular complexity index is 794. The van der Waals surface area contributed by atoms with E-state index in [2.05, 4.69) is 51.5 Å². The molecule has 0 bridgehead atoms. The number of aromatic amines is 1. The fraction of sp³-hybridized carbons (Fsp3) is 0.500. The molecule has 3 rings (SSSR count). The van der Waals surface area contributed by atoms with Crippen LogP contribution in [0.1, 0.15) is 24.0 Å². The van der Waals surface area contributed by atoms with Crippen LogP contribution >= 0.6 is 24.0 Å². The molecule has 1 fully saturated rings. The van der Waals surface area contributed by atoms with E-state index in [4.69, 9.17) is 4.74 Å². The van der Waals surface area contributed by atoms with Crippen molar-refractivity contribution >= 4 is 46.8 Å². The summed E-state index contributed by atoms with van der Waals surface area (Å²) in [5.74, 6) is 0.829. The van der Waals surface area contributed by atoms with Gasteiger partial charge < -0.3 is 19.9 Å². The van der Waals surface area contributed by atoms with Gasteiger partial charge in [-0.15, -0.1) is 24.0 Å². The molecule has 27 heavy (non-hydrogen) atoms. The van der Waals surface area contributed by atoms with Gasteiger partial charge in [0.1, 0.15) is 0 Å². The number of aliphatic imine (C=N–C) groups is 1. The van der Waals surface area contributed by atoms with E-state index in [1.54, 1.807) is 0 Å². The summed E-state index contributed by atoms with van der Waals surface area (Å²) in [7, 11) is 3.27. The number of guanidine groups is 1. The van der Waals surface area contributed by atoms with Crippen LogP contribution in [0.15, 0.2) is 29.4 Å². The predicted molar refractivity (Wildman–Crippen MR) is 120 cm³/mol. The van der Waals surface area contributed by atoms with Crippen LogP contribution < -0.4 is 5.32 Å². The molecule has 0 radical (unpaired) electrons. The third kappa shape index (κ3) is 4.94. The van der Waals surface area contributed by atoms with Crippen molar-refractivity contribution in [3.05, 3.63) is 35.5 Å². The molecule has 0 amide bonds. The number of halogens is 1. The molecule has 2 aromatic rings. The van der Waals surface area contributed by atoms with Gasteiger partial charge in [0.15, 0.2) is 5.96 Å². The Balaban J connectivity index is 0.00000261. The molecule has 0 unspecified atom stereocenters. The average Bonchev–Trinajstić information content (AvgIpc) is 3.09. The monoisotopic (exact) mass is 484 g/mol. The maximum atomic E-state index is 11.7. The normalized spacial score (nSPS) is 15.5. The van der Waals surface area contributed by atoms with E-state index >= 15 is 0 Å².